The first-order chi connectivity index (χ1) is 19.9. The van der Waals surface area contributed by atoms with Crippen LogP contribution in [0.15, 0.2) is 43.0 Å². The van der Waals surface area contributed by atoms with Crippen molar-refractivity contribution in [3.05, 3.63) is 48.5 Å². The Hall–Kier alpha value is -5.27. The van der Waals surface area contributed by atoms with Crippen LogP contribution in [0.2, 0.25) is 0 Å². The number of aromatic nitrogens is 4. The Kier molecular flexibility index (Phi) is 7.90. The quantitative estimate of drug-likeness (QED) is 0.169. The van der Waals surface area contributed by atoms with Crippen LogP contribution in [0.3, 0.4) is 0 Å². The minimum atomic E-state index is -1.43. The van der Waals surface area contributed by atoms with Crippen LogP contribution < -0.4 is 26.0 Å². The Bertz CT molecular complexity index is 1620. The number of anilines is 2. The van der Waals surface area contributed by atoms with Crippen molar-refractivity contribution in [3.63, 3.8) is 0 Å². The maximum Gasteiger partial charge on any atom is 0.405 e. The first-order valence-corrected chi connectivity index (χ1v) is 13.0. The number of nitrogens with two attached hydrogens (primary N) is 1. The Labute approximate surface area is 233 Å². The molecule has 1 aliphatic heterocycles. The fourth-order valence-electron chi connectivity index (χ4n) is 5.08. The highest BCUT2D eigenvalue weighted by atomic mass is 16.5. The van der Waals surface area contributed by atoms with Crippen molar-refractivity contribution < 1.29 is 29.0 Å². The van der Waals surface area contributed by atoms with E-state index in [1.807, 2.05) is 12.1 Å². The molecule has 2 aromatic carbocycles. The Morgan fingerprint density at radius 2 is 2.07 bits per heavy atom. The number of ether oxygens (including phenoxy) is 1. The molecule has 0 saturated carbocycles. The van der Waals surface area contributed by atoms with Gasteiger partial charge in [-0.1, -0.05) is 18.2 Å². The maximum absolute atomic E-state index is 12.9. The monoisotopic (exact) mass is 560 g/mol. The van der Waals surface area contributed by atoms with Crippen LogP contribution in [0.25, 0.3) is 21.9 Å². The molecular weight excluding hydrogens is 532 g/mol. The van der Waals surface area contributed by atoms with E-state index in [4.69, 9.17) is 15.6 Å². The van der Waals surface area contributed by atoms with E-state index in [1.165, 1.54) is 6.33 Å². The Balaban J connectivity index is 1.39. The van der Waals surface area contributed by atoms with Crippen LogP contribution in [-0.2, 0) is 9.59 Å². The lowest BCUT2D eigenvalue weighted by Crippen LogP contribution is -2.43. The third-order valence-corrected chi connectivity index (χ3v) is 7.00. The lowest BCUT2D eigenvalue weighted by atomic mass is 10.0. The number of imidazole rings is 1. The first-order valence-electron chi connectivity index (χ1n) is 13.0. The van der Waals surface area contributed by atoms with Gasteiger partial charge >= 0.3 is 6.09 Å². The summed E-state index contributed by atoms with van der Waals surface area (Å²) >= 11 is 0. The van der Waals surface area contributed by atoms with Crippen LogP contribution >= 0.6 is 0 Å². The van der Waals surface area contributed by atoms with E-state index >= 15 is 0 Å². The number of carboxylic acid groups (broad SMARTS) is 1. The smallest absolute Gasteiger partial charge is 0.405 e. The summed E-state index contributed by atoms with van der Waals surface area (Å²) in [7, 11) is 0. The molecule has 5 rings (SSSR count). The second-order valence-electron chi connectivity index (χ2n) is 9.59. The molecule has 0 bridgehead atoms. The number of nitrogens with zero attached hydrogens (tertiary/aromatic N) is 4. The second-order valence-corrected chi connectivity index (χ2v) is 9.59. The lowest BCUT2D eigenvalue weighted by Gasteiger charge is -2.26. The summed E-state index contributed by atoms with van der Waals surface area (Å²) in [6.45, 7) is 1.08. The summed E-state index contributed by atoms with van der Waals surface area (Å²) in [4.78, 5) is 65.8. The van der Waals surface area contributed by atoms with E-state index in [1.54, 1.807) is 24.5 Å². The van der Waals surface area contributed by atoms with Gasteiger partial charge in [-0.15, -0.1) is 0 Å². The predicted molar refractivity (Wildman–Crippen MR) is 149 cm³/mol. The van der Waals surface area contributed by atoms with Crippen molar-refractivity contribution in [2.45, 2.75) is 37.8 Å². The highest BCUT2D eigenvalue weighted by Crippen LogP contribution is 2.34. The van der Waals surface area contributed by atoms with Gasteiger partial charge in [0.1, 0.15) is 30.2 Å². The molecule has 3 amide bonds. The number of hydrogen-bond donors (Lipinski definition) is 5. The Morgan fingerprint density at radius 1 is 1.22 bits per heavy atom. The summed E-state index contributed by atoms with van der Waals surface area (Å²) < 4.78 is 6.29. The highest BCUT2D eigenvalue weighted by molar-refractivity contribution is 6.10. The molecule has 1 fully saturated rings. The van der Waals surface area contributed by atoms with E-state index in [0.29, 0.717) is 40.6 Å². The molecule has 41 heavy (non-hydrogen) atoms. The van der Waals surface area contributed by atoms with Gasteiger partial charge in [-0.3, -0.25) is 14.4 Å². The fourth-order valence-corrected chi connectivity index (χ4v) is 5.08. The summed E-state index contributed by atoms with van der Waals surface area (Å²) in [5.74, 6) is -0.232. The molecule has 6 N–H and O–H groups in total. The molecular formula is C27H28N8O6. The van der Waals surface area contributed by atoms with Crippen molar-refractivity contribution in [1.82, 2.24) is 25.3 Å². The molecule has 212 valence electrons. The van der Waals surface area contributed by atoms with Crippen molar-refractivity contribution in [1.29, 1.82) is 0 Å². The number of carbonyl (C=O) groups is 4. The van der Waals surface area contributed by atoms with Gasteiger partial charge in [0.25, 0.3) is 0 Å². The maximum atomic E-state index is 12.9. The van der Waals surface area contributed by atoms with E-state index in [0.717, 1.165) is 25.2 Å². The van der Waals surface area contributed by atoms with Crippen LogP contribution in [-0.4, -0.2) is 74.5 Å². The minimum Gasteiger partial charge on any atom is -0.491 e. The van der Waals surface area contributed by atoms with E-state index in [-0.39, 0.29) is 30.1 Å². The fraction of sp³-hybridized carbons (Fsp3) is 0.296. The van der Waals surface area contributed by atoms with Gasteiger partial charge in [0.15, 0.2) is 17.8 Å². The van der Waals surface area contributed by atoms with Crippen LogP contribution in [0.4, 0.5) is 16.3 Å². The van der Waals surface area contributed by atoms with Gasteiger partial charge in [-0.05, 0) is 36.8 Å². The van der Waals surface area contributed by atoms with Gasteiger partial charge in [-0.25, -0.2) is 19.7 Å². The number of fused-ring (bicyclic) bond motifs is 2. The van der Waals surface area contributed by atoms with Crippen molar-refractivity contribution in [3.8, 4) is 5.75 Å². The second kappa shape index (κ2) is 11.9. The summed E-state index contributed by atoms with van der Waals surface area (Å²) in [5, 5.41) is 15.0. The number of aromatic amines is 1. The number of H-pyrrole nitrogens is 1. The highest BCUT2D eigenvalue weighted by Gasteiger charge is 2.29. The predicted octanol–water partition coefficient (Wildman–Crippen LogP) is 2.21. The van der Waals surface area contributed by atoms with Gasteiger partial charge in [0.05, 0.1) is 18.1 Å². The number of primary amides is 1. The largest absolute Gasteiger partial charge is 0.491 e. The number of amides is 3. The molecule has 2 aromatic heterocycles. The van der Waals surface area contributed by atoms with Gasteiger partial charge in [-0.2, -0.15) is 0 Å². The first kappa shape index (κ1) is 27.3. The van der Waals surface area contributed by atoms with E-state index in [2.05, 4.69) is 35.5 Å². The molecule has 14 nitrogen and oxygen atoms in total. The lowest BCUT2D eigenvalue weighted by molar-refractivity contribution is -0.119. The molecule has 3 heterocycles. The van der Waals surface area contributed by atoms with Crippen LogP contribution in [0.5, 0.6) is 5.75 Å². The summed E-state index contributed by atoms with van der Waals surface area (Å²) in [6.07, 6.45) is 3.72. The zero-order valence-corrected chi connectivity index (χ0v) is 21.9. The topological polar surface area (TPSA) is 206 Å². The number of nitrogens with one attached hydrogen (secondary N) is 3. The summed E-state index contributed by atoms with van der Waals surface area (Å²) in [6, 6.07) is 7.41. The number of carbonyl (C=O) groups excluding carboxylic acids is 3. The minimum absolute atomic E-state index is 0.00395. The van der Waals surface area contributed by atoms with Crippen molar-refractivity contribution in [2.75, 3.05) is 23.4 Å². The average Bonchev–Trinajstić information content (AvgIpc) is 3.63. The molecule has 1 aliphatic rings. The van der Waals surface area contributed by atoms with Gasteiger partial charge in [0, 0.05) is 23.9 Å². The molecule has 1 saturated heterocycles. The van der Waals surface area contributed by atoms with Gasteiger partial charge in [0.2, 0.25) is 11.8 Å². The zero-order valence-electron chi connectivity index (χ0n) is 21.9. The third-order valence-electron chi connectivity index (χ3n) is 7.00. The molecule has 0 aliphatic carbocycles. The van der Waals surface area contributed by atoms with E-state index in [9.17, 15) is 19.2 Å². The van der Waals surface area contributed by atoms with Gasteiger partial charge < -0.3 is 36.1 Å². The molecule has 0 spiro atoms. The number of aldehydes is 1. The normalized spacial score (nSPS) is 15.5. The number of rotatable bonds is 11. The standard InChI is InChI=1S/C27H28N8O6/c28-21(37)9-8-19(34-27(39)40)26(38)33-18-7-6-15-3-1-5-20(22(15)17(18)11-36)41-12-16-4-2-10-35(16)25-23-24(30-13-29-23)31-14-32-25/h1,3,5-7,11,13-14,16,19,34H,2,4,8-10,12H2,(H2,28,37)(H,33,38)(H,39,40)(H,29,30,31,32)/t16-,19+/m1/s1. The molecule has 0 radical (unpaired) electrons. The van der Waals surface area contributed by atoms with Crippen LogP contribution in [0, 0.1) is 0 Å². The zero-order chi connectivity index (χ0) is 28.9. The Morgan fingerprint density at radius 3 is 2.85 bits per heavy atom. The van der Waals surface area contributed by atoms with Crippen LogP contribution in [0.1, 0.15) is 36.0 Å². The van der Waals surface area contributed by atoms with E-state index < -0.39 is 23.9 Å². The average molecular weight is 561 g/mol. The van der Waals surface area contributed by atoms with Crippen molar-refractivity contribution >= 4 is 57.6 Å². The van der Waals surface area contributed by atoms with Crippen molar-refractivity contribution in [2.24, 2.45) is 5.73 Å². The third kappa shape index (κ3) is 5.85. The SMILES string of the molecule is NC(=O)CC[C@H](NC(=O)O)C(=O)Nc1ccc2cccc(OC[C@H]3CCCN3c3ncnc4[nH]cnc34)c2c1C=O. The number of benzene rings is 2. The summed E-state index contributed by atoms with van der Waals surface area (Å²) in [5.41, 5.74) is 6.84. The molecule has 14 heteroatoms. The molecule has 0 unspecified atom stereocenters. The number of hydrogen-bond acceptors (Lipinski definition) is 9. The molecule has 4 aromatic rings. The molecule has 2 atom stereocenters.